The molecule has 1 aromatic carbocycles. The number of nitrogens with zero attached hydrogens (tertiary/aromatic N) is 1. The van der Waals surface area contributed by atoms with Crippen LogP contribution in [0.5, 0.6) is 0 Å². The minimum atomic E-state index is 1.23. The molecule has 1 heterocycles. The zero-order chi connectivity index (χ0) is 10.7. The van der Waals surface area contributed by atoms with E-state index in [1.165, 1.54) is 54.6 Å². The molecule has 0 aromatic heterocycles. The number of quaternary nitrogens is 1. The van der Waals surface area contributed by atoms with Gasteiger partial charge in [0.05, 0.1) is 19.6 Å². The van der Waals surface area contributed by atoms with Crippen molar-refractivity contribution in [2.24, 2.45) is 0 Å². The summed E-state index contributed by atoms with van der Waals surface area (Å²) in [5.74, 6) is 0. The lowest BCUT2D eigenvalue weighted by Gasteiger charge is -2.33. The quantitative estimate of drug-likeness (QED) is 0.661. The average molecular weight is 204 g/mol. The second-order valence-corrected chi connectivity index (χ2v) is 4.86. The highest BCUT2D eigenvalue weighted by Crippen LogP contribution is 2.29. The monoisotopic (exact) mass is 204 g/mol. The van der Waals surface area contributed by atoms with Crippen LogP contribution in [-0.4, -0.2) is 19.6 Å². The largest absolute Gasteiger partial charge is 0.291 e. The number of hydrogen-bond donors (Lipinski definition) is 0. The van der Waals surface area contributed by atoms with E-state index in [1.54, 1.807) is 0 Å². The van der Waals surface area contributed by atoms with E-state index in [0.717, 1.165) is 0 Å². The molecule has 0 saturated carbocycles. The van der Waals surface area contributed by atoms with Crippen molar-refractivity contribution in [3.05, 3.63) is 29.8 Å². The standard InChI is InChI=1S/C14H22N/c1-3-10-15(11-4-5-12-15)14-8-6-13(2)7-9-14/h6-9H,3-5,10-12H2,1-2H3/q+1. The van der Waals surface area contributed by atoms with E-state index in [9.17, 15) is 0 Å². The lowest BCUT2D eigenvalue weighted by Crippen LogP contribution is -2.46. The molecule has 0 spiro atoms. The summed E-state index contributed by atoms with van der Waals surface area (Å²) < 4.78 is 1.23. The molecule has 1 nitrogen and oxygen atoms in total. The maximum atomic E-state index is 2.33. The Morgan fingerprint density at radius 2 is 1.67 bits per heavy atom. The normalized spacial score (nSPS) is 19.3. The molecule has 1 aliphatic heterocycles. The Morgan fingerprint density at radius 3 is 2.20 bits per heavy atom. The van der Waals surface area contributed by atoms with Crippen LogP contribution in [0.3, 0.4) is 0 Å². The van der Waals surface area contributed by atoms with Crippen molar-refractivity contribution in [2.75, 3.05) is 19.6 Å². The first kappa shape index (κ1) is 10.7. The molecular weight excluding hydrogens is 182 g/mol. The molecule has 82 valence electrons. The fraction of sp³-hybridized carbons (Fsp3) is 0.571. The molecular formula is C14H22N+. The van der Waals surface area contributed by atoms with Crippen molar-refractivity contribution < 1.29 is 0 Å². The van der Waals surface area contributed by atoms with Crippen molar-refractivity contribution in [1.82, 2.24) is 4.48 Å². The van der Waals surface area contributed by atoms with Crippen molar-refractivity contribution in [1.29, 1.82) is 0 Å². The topological polar surface area (TPSA) is 0 Å². The van der Waals surface area contributed by atoms with Crippen LogP contribution in [-0.2, 0) is 0 Å². The SMILES string of the molecule is CCC[N+]1(c2ccc(C)cc2)CCCC1. The first-order chi connectivity index (χ1) is 7.27. The highest BCUT2D eigenvalue weighted by atomic mass is 15.4. The Labute approximate surface area is 93.3 Å². The predicted octanol–water partition coefficient (Wildman–Crippen LogP) is 3.51. The molecule has 1 heteroatoms. The number of likely N-dealkylation sites (tertiary alicyclic amines) is 1. The van der Waals surface area contributed by atoms with Crippen LogP contribution in [0.1, 0.15) is 31.7 Å². The fourth-order valence-electron chi connectivity index (χ4n) is 2.84. The van der Waals surface area contributed by atoms with Gasteiger partial charge in [-0.05, 0) is 25.5 Å². The van der Waals surface area contributed by atoms with Crippen molar-refractivity contribution in [3.8, 4) is 0 Å². The maximum Gasteiger partial charge on any atom is 0.132 e. The van der Waals surface area contributed by atoms with Crippen LogP contribution < -0.4 is 4.48 Å². The number of rotatable bonds is 3. The summed E-state index contributed by atoms with van der Waals surface area (Å²) in [5, 5.41) is 0. The lowest BCUT2D eigenvalue weighted by molar-refractivity contribution is 0.333. The van der Waals surface area contributed by atoms with Crippen LogP contribution in [0.2, 0.25) is 0 Å². The van der Waals surface area contributed by atoms with Crippen LogP contribution in [0.25, 0.3) is 0 Å². The molecule has 0 amide bonds. The second kappa shape index (κ2) is 4.36. The van der Waals surface area contributed by atoms with Gasteiger partial charge in [0.25, 0.3) is 0 Å². The first-order valence-corrected chi connectivity index (χ1v) is 6.20. The third kappa shape index (κ3) is 2.07. The number of hydrogen-bond acceptors (Lipinski definition) is 0. The zero-order valence-corrected chi connectivity index (χ0v) is 10.00. The van der Waals surface area contributed by atoms with Gasteiger partial charge in [0.1, 0.15) is 5.69 Å². The van der Waals surface area contributed by atoms with Gasteiger partial charge in [0.15, 0.2) is 0 Å². The van der Waals surface area contributed by atoms with E-state index in [1.807, 2.05) is 0 Å². The van der Waals surface area contributed by atoms with E-state index in [4.69, 9.17) is 0 Å². The molecule has 0 N–H and O–H groups in total. The molecule has 0 aliphatic carbocycles. The summed E-state index contributed by atoms with van der Waals surface area (Å²) in [6, 6.07) is 9.17. The Morgan fingerprint density at radius 1 is 1.07 bits per heavy atom. The van der Waals surface area contributed by atoms with Crippen molar-refractivity contribution in [3.63, 3.8) is 0 Å². The van der Waals surface area contributed by atoms with Gasteiger partial charge in [-0.15, -0.1) is 0 Å². The van der Waals surface area contributed by atoms with Gasteiger partial charge >= 0.3 is 0 Å². The second-order valence-electron chi connectivity index (χ2n) is 4.86. The maximum absolute atomic E-state index is 2.33. The first-order valence-electron chi connectivity index (χ1n) is 6.20. The molecule has 15 heavy (non-hydrogen) atoms. The van der Waals surface area contributed by atoms with E-state index in [0.29, 0.717) is 0 Å². The van der Waals surface area contributed by atoms with Gasteiger partial charge in [-0.2, -0.15) is 0 Å². The molecule has 0 bridgehead atoms. The molecule has 1 saturated heterocycles. The molecule has 1 aliphatic rings. The van der Waals surface area contributed by atoms with Gasteiger partial charge in [0, 0.05) is 12.8 Å². The molecule has 1 fully saturated rings. The fourth-order valence-corrected chi connectivity index (χ4v) is 2.84. The molecule has 1 aromatic rings. The summed E-state index contributed by atoms with van der Waals surface area (Å²) in [4.78, 5) is 0. The predicted molar refractivity (Wildman–Crippen MR) is 67.1 cm³/mol. The van der Waals surface area contributed by atoms with Gasteiger partial charge in [-0.3, -0.25) is 4.48 Å². The molecule has 0 radical (unpaired) electrons. The third-order valence-electron chi connectivity index (χ3n) is 3.66. The van der Waals surface area contributed by atoms with Crippen LogP contribution in [0.15, 0.2) is 24.3 Å². The Balaban J connectivity index is 2.28. The third-order valence-corrected chi connectivity index (χ3v) is 3.66. The van der Waals surface area contributed by atoms with E-state index >= 15 is 0 Å². The van der Waals surface area contributed by atoms with Crippen LogP contribution in [0, 0.1) is 6.92 Å². The molecule has 2 rings (SSSR count). The van der Waals surface area contributed by atoms with Crippen LogP contribution >= 0.6 is 0 Å². The van der Waals surface area contributed by atoms with Gasteiger partial charge in [-0.1, -0.05) is 24.6 Å². The van der Waals surface area contributed by atoms with Crippen molar-refractivity contribution in [2.45, 2.75) is 33.1 Å². The summed E-state index contributed by atoms with van der Waals surface area (Å²) in [5.41, 5.74) is 2.90. The molecule has 0 atom stereocenters. The van der Waals surface area contributed by atoms with Gasteiger partial charge < -0.3 is 0 Å². The summed E-state index contributed by atoms with van der Waals surface area (Å²) in [6.07, 6.45) is 4.08. The molecule has 0 unspecified atom stereocenters. The van der Waals surface area contributed by atoms with Gasteiger partial charge in [0.2, 0.25) is 0 Å². The van der Waals surface area contributed by atoms with Gasteiger partial charge in [-0.25, -0.2) is 0 Å². The smallest absolute Gasteiger partial charge is 0.132 e. The lowest BCUT2D eigenvalue weighted by atomic mass is 10.2. The highest BCUT2D eigenvalue weighted by Gasteiger charge is 2.33. The minimum absolute atomic E-state index is 1.23. The number of benzene rings is 1. The Kier molecular flexibility index (Phi) is 3.11. The van der Waals surface area contributed by atoms with E-state index in [2.05, 4.69) is 38.1 Å². The summed E-state index contributed by atoms with van der Waals surface area (Å²) >= 11 is 0. The van der Waals surface area contributed by atoms with E-state index in [-0.39, 0.29) is 0 Å². The van der Waals surface area contributed by atoms with Crippen molar-refractivity contribution >= 4 is 5.69 Å². The van der Waals surface area contributed by atoms with Crippen LogP contribution in [0.4, 0.5) is 5.69 Å². The summed E-state index contributed by atoms with van der Waals surface area (Å²) in [6.45, 7) is 8.46. The average Bonchev–Trinajstić information content (AvgIpc) is 2.69. The Bertz CT molecular complexity index is 307. The Hall–Kier alpha value is -0.820. The van der Waals surface area contributed by atoms with E-state index < -0.39 is 0 Å². The number of aryl methyl sites for hydroxylation is 1. The summed E-state index contributed by atoms with van der Waals surface area (Å²) in [7, 11) is 0. The zero-order valence-electron chi connectivity index (χ0n) is 10.00. The minimum Gasteiger partial charge on any atom is -0.291 e. The highest BCUT2D eigenvalue weighted by molar-refractivity contribution is 5.44.